The van der Waals surface area contributed by atoms with Crippen molar-refractivity contribution < 1.29 is 10.9 Å². The van der Waals surface area contributed by atoms with Crippen LogP contribution < -0.4 is 13.2 Å². The van der Waals surface area contributed by atoms with Gasteiger partial charge in [-0.15, -0.1) is 0 Å². The first kappa shape index (κ1) is 18.3. The number of benzene rings is 3. The molecule has 0 unspecified atom stereocenters. The van der Waals surface area contributed by atoms with E-state index in [4.69, 9.17) is 6.11 Å². The molecule has 1 aliphatic heterocycles. The summed E-state index contributed by atoms with van der Waals surface area (Å²) in [7, 11) is 0. The molecular formula is C25H25GeNO2. The standard InChI is InChI=1S/C25H25GeNO2/c1-25(2)20-29-24(28)27(25)19-18-26(21-12-6-3-7-13-21,22-14-8-4-9-15-22)23-16-10-5-11-17-23/h3-19H,20H2,1-2H3/b19-18+/i19D. The Bertz CT molecular complexity index is 956. The van der Waals surface area contributed by atoms with Gasteiger partial charge in [-0.3, -0.25) is 0 Å². The third-order valence-corrected chi connectivity index (χ3v) is 14.4. The van der Waals surface area contributed by atoms with Gasteiger partial charge in [0.25, 0.3) is 0 Å². The molecule has 0 saturated carbocycles. The normalized spacial score (nSPS) is 17.0. The number of nitrogens with zero attached hydrogens (tertiary/aromatic N) is 1. The summed E-state index contributed by atoms with van der Waals surface area (Å²) >= 11 is -3.45. The van der Waals surface area contributed by atoms with Gasteiger partial charge < -0.3 is 0 Å². The Morgan fingerprint density at radius 3 is 1.62 bits per heavy atom. The van der Waals surface area contributed by atoms with Crippen LogP contribution in [0.3, 0.4) is 0 Å². The van der Waals surface area contributed by atoms with Gasteiger partial charge >= 0.3 is 176 Å². The van der Waals surface area contributed by atoms with Crippen LogP contribution >= 0.6 is 0 Å². The molecule has 3 nitrogen and oxygen atoms in total. The van der Waals surface area contributed by atoms with E-state index in [0.29, 0.717) is 0 Å². The van der Waals surface area contributed by atoms with Crippen molar-refractivity contribution in [2.45, 2.75) is 19.4 Å². The number of hydrogen-bond acceptors (Lipinski definition) is 2. The van der Waals surface area contributed by atoms with Crippen molar-refractivity contribution in [1.82, 2.24) is 4.90 Å². The van der Waals surface area contributed by atoms with E-state index >= 15 is 0 Å². The second-order valence-electron chi connectivity index (χ2n) is 7.88. The molecule has 0 radical (unpaired) electrons. The molecule has 0 atom stereocenters. The van der Waals surface area contributed by atoms with Crippen molar-refractivity contribution in [2.24, 2.45) is 0 Å². The summed E-state index contributed by atoms with van der Waals surface area (Å²) in [6.45, 7) is 4.15. The van der Waals surface area contributed by atoms with Crippen LogP contribution in [0.1, 0.15) is 15.2 Å². The van der Waals surface area contributed by atoms with Crippen LogP contribution in [-0.2, 0) is 4.74 Å². The van der Waals surface area contributed by atoms with Crippen LogP contribution in [0, 0.1) is 0 Å². The van der Waals surface area contributed by atoms with Gasteiger partial charge in [-0.25, -0.2) is 0 Å². The molecule has 1 fully saturated rings. The summed E-state index contributed by atoms with van der Waals surface area (Å²) in [5.74, 6) is 0. The van der Waals surface area contributed by atoms with Gasteiger partial charge in [-0.2, -0.15) is 0 Å². The van der Waals surface area contributed by atoms with Crippen LogP contribution in [-0.4, -0.2) is 36.4 Å². The molecule has 0 spiro atoms. The Balaban J connectivity index is 2.02. The van der Waals surface area contributed by atoms with Gasteiger partial charge in [0.15, 0.2) is 0 Å². The van der Waals surface area contributed by atoms with Gasteiger partial charge in [0, 0.05) is 0 Å². The molecular weight excluding hydrogens is 419 g/mol. The van der Waals surface area contributed by atoms with Crippen molar-refractivity contribution in [3.8, 4) is 0 Å². The van der Waals surface area contributed by atoms with E-state index in [1.807, 2.05) is 68.4 Å². The topological polar surface area (TPSA) is 29.5 Å². The van der Waals surface area contributed by atoms with E-state index in [2.05, 4.69) is 41.3 Å². The van der Waals surface area contributed by atoms with E-state index in [1.165, 1.54) is 18.1 Å². The van der Waals surface area contributed by atoms with E-state index in [1.54, 1.807) is 0 Å². The first-order valence-electron chi connectivity index (χ1n) is 10.3. The fourth-order valence-corrected chi connectivity index (χ4v) is 12.2. The fourth-order valence-electron chi connectivity index (χ4n) is 3.86. The zero-order chi connectivity index (χ0) is 21.2. The minimum atomic E-state index is -3.45. The van der Waals surface area contributed by atoms with Gasteiger partial charge in [-0.05, 0) is 0 Å². The van der Waals surface area contributed by atoms with E-state index in [9.17, 15) is 4.79 Å². The van der Waals surface area contributed by atoms with Crippen LogP contribution in [0.4, 0.5) is 4.79 Å². The van der Waals surface area contributed by atoms with Crippen molar-refractivity contribution in [3.63, 3.8) is 0 Å². The molecule has 1 amide bonds. The molecule has 0 aliphatic carbocycles. The number of carbonyl (C=O) groups excluding carboxylic acids is 1. The number of carbonyl (C=O) groups is 1. The van der Waals surface area contributed by atoms with Gasteiger partial charge in [0.2, 0.25) is 0 Å². The maximum atomic E-state index is 12.5. The fraction of sp³-hybridized carbons (Fsp3) is 0.160. The number of hydrogen-bond donors (Lipinski definition) is 0. The quantitative estimate of drug-likeness (QED) is 0.564. The molecule has 1 saturated heterocycles. The van der Waals surface area contributed by atoms with Crippen molar-refractivity contribution in [2.75, 3.05) is 6.61 Å². The Morgan fingerprint density at radius 1 is 0.862 bits per heavy atom. The number of cyclic esters (lactones) is 1. The molecule has 4 heteroatoms. The zero-order valence-corrected chi connectivity index (χ0v) is 18.8. The molecule has 0 bridgehead atoms. The van der Waals surface area contributed by atoms with Crippen LogP contribution in [0.2, 0.25) is 0 Å². The third-order valence-electron chi connectivity index (χ3n) is 5.43. The first-order chi connectivity index (χ1) is 14.4. The number of amides is 1. The SMILES string of the molecule is [2H]/C(=[CH]\[Ge]([c]1ccccc1)([c]1ccccc1)[c]1ccccc1)N1C(=O)OCC1(C)C. The van der Waals surface area contributed by atoms with Crippen molar-refractivity contribution in [3.05, 3.63) is 102 Å². The van der Waals surface area contributed by atoms with Crippen molar-refractivity contribution >= 4 is 32.5 Å². The Kier molecular flexibility index (Phi) is 4.98. The van der Waals surface area contributed by atoms with E-state index in [-0.39, 0.29) is 12.8 Å². The predicted octanol–water partition coefficient (Wildman–Crippen LogP) is 3.44. The minimum absolute atomic E-state index is 0.207. The molecule has 1 heterocycles. The van der Waals surface area contributed by atoms with E-state index < -0.39 is 24.9 Å². The van der Waals surface area contributed by atoms with Gasteiger partial charge in [-0.1, -0.05) is 0 Å². The molecule has 29 heavy (non-hydrogen) atoms. The molecule has 0 N–H and O–H groups in total. The monoisotopic (exact) mass is 446 g/mol. The zero-order valence-electron chi connectivity index (χ0n) is 17.7. The summed E-state index contributed by atoms with van der Waals surface area (Å²) in [4.78, 5) is 16.0. The van der Waals surface area contributed by atoms with Gasteiger partial charge in [0.05, 0.1) is 0 Å². The van der Waals surface area contributed by atoms with Crippen LogP contribution in [0.5, 0.6) is 0 Å². The average Bonchev–Trinajstić information content (AvgIpc) is 3.06. The molecule has 3 aromatic rings. The molecule has 0 aromatic heterocycles. The molecule has 146 valence electrons. The predicted molar refractivity (Wildman–Crippen MR) is 120 cm³/mol. The maximum absolute atomic E-state index is 12.5. The average molecular weight is 445 g/mol. The Morgan fingerprint density at radius 2 is 1.28 bits per heavy atom. The van der Waals surface area contributed by atoms with Crippen LogP contribution in [0.15, 0.2) is 102 Å². The summed E-state index contributed by atoms with van der Waals surface area (Å²) in [5, 5.41) is 0. The molecule has 1 aliphatic rings. The molecule has 3 aromatic carbocycles. The molecule has 4 rings (SSSR count). The second-order valence-corrected chi connectivity index (χ2v) is 15.5. The summed E-state index contributed by atoms with van der Waals surface area (Å²) in [6, 6.07) is 31.2. The van der Waals surface area contributed by atoms with E-state index in [0.717, 1.165) is 0 Å². The summed E-state index contributed by atoms with van der Waals surface area (Å²) in [6.07, 6.45) is -0.245. The first-order valence-corrected chi connectivity index (χ1v) is 14.1. The second kappa shape index (κ2) is 7.92. The summed E-state index contributed by atoms with van der Waals surface area (Å²) < 4.78 is 17.9. The number of ether oxygens (including phenoxy) is 1. The Labute approximate surface area is 176 Å². The van der Waals surface area contributed by atoms with Crippen LogP contribution in [0.25, 0.3) is 0 Å². The van der Waals surface area contributed by atoms with Gasteiger partial charge in [0.1, 0.15) is 0 Å². The Hall–Kier alpha value is -2.79. The van der Waals surface area contributed by atoms with Crippen molar-refractivity contribution in [1.29, 1.82) is 0 Å². The third kappa shape index (κ3) is 3.63. The summed E-state index contributed by atoms with van der Waals surface area (Å²) in [5.41, 5.74) is -0.553. The number of rotatable bonds is 5.